The number of carbonyl (C=O) groups excluding carboxylic acids is 2. The molecule has 0 heterocycles. The average Bonchev–Trinajstić information content (AvgIpc) is 1.98. The molecule has 0 aliphatic carbocycles. The lowest BCUT2D eigenvalue weighted by molar-refractivity contribution is -0.128. The molecule has 1 atom stereocenters. The first-order valence-electron chi connectivity index (χ1n) is 3.97. The summed E-state index contributed by atoms with van der Waals surface area (Å²) in [6.45, 7) is 5.17. The van der Waals surface area contributed by atoms with Crippen LogP contribution in [-0.2, 0) is 9.59 Å². The van der Waals surface area contributed by atoms with Gasteiger partial charge in [0, 0.05) is 14.0 Å². The van der Waals surface area contributed by atoms with Crippen molar-refractivity contribution < 1.29 is 9.59 Å². The molecule has 2 amide bonds. The van der Waals surface area contributed by atoms with Gasteiger partial charge in [0.05, 0.1) is 0 Å². The molecule has 0 unspecified atom stereocenters. The Hall–Kier alpha value is -1.06. The van der Waals surface area contributed by atoms with Gasteiger partial charge in [-0.25, -0.2) is 0 Å². The van der Waals surface area contributed by atoms with Gasteiger partial charge in [-0.3, -0.25) is 9.59 Å². The van der Waals surface area contributed by atoms with Gasteiger partial charge in [-0.2, -0.15) is 0 Å². The Morgan fingerprint density at radius 1 is 1.25 bits per heavy atom. The summed E-state index contributed by atoms with van der Waals surface area (Å²) in [5, 5.41) is 5.08. The third-order valence-electron chi connectivity index (χ3n) is 1.55. The van der Waals surface area contributed by atoms with Crippen LogP contribution in [0.5, 0.6) is 0 Å². The predicted octanol–water partition coefficient (Wildman–Crippen LogP) is -0.107. The van der Waals surface area contributed by atoms with Crippen LogP contribution in [0.1, 0.15) is 20.8 Å². The van der Waals surface area contributed by atoms with Crippen molar-refractivity contribution in [3.05, 3.63) is 0 Å². The van der Waals surface area contributed by atoms with Crippen LogP contribution < -0.4 is 10.6 Å². The molecule has 0 bridgehead atoms. The number of likely N-dealkylation sites (N-methyl/N-ethyl adjacent to an activating group) is 1. The maximum atomic E-state index is 11.2. The monoisotopic (exact) mass is 172 g/mol. The van der Waals surface area contributed by atoms with Crippen LogP contribution >= 0.6 is 0 Å². The highest BCUT2D eigenvalue weighted by Gasteiger charge is 2.21. The Morgan fingerprint density at radius 2 is 1.75 bits per heavy atom. The Bertz CT molecular complexity index is 178. The third kappa shape index (κ3) is 3.37. The summed E-state index contributed by atoms with van der Waals surface area (Å²) in [5.74, 6) is -0.230. The van der Waals surface area contributed by atoms with Crippen molar-refractivity contribution in [2.45, 2.75) is 26.8 Å². The molecule has 0 radical (unpaired) electrons. The average molecular weight is 172 g/mol. The van der Waals surface area contributed by atoms with E-state index in [9.17, 15) is 9.59 Å². The molecule has 0 saturated carbocycles. The Balaban J connectivity index is 4.23. The second kappa shape index (κ2) is 4.74. The van der Waals surface area contributed by atoms with Gasteiger partial charge in [0.1, 0.15) is 6.04 Å². The Morgan fingerprint density at radius 3 is 2.00 bits per heavy atom. The zero-order chi connectivity index (χ0) is 9.72. The van der Waals surface area contributed by atoms with Crippen LogP contribution in [0.15, 0.2) is 0 Å². The SMILES string of the molecule is CNC(=O)[C@H](NC(C)=O)C(C)C. The van der Waals surface area contributed by atoms with Gasteiger partial charge in [-0.15, -0.1) is 0 Å². The van der Waals surface area contributed by atoms with Crippen molar-refractivity contribution in [1.29, 1.82) is 0 Å². The van der Waals surface area contributed by atoms with E-state index in [1.54, 1.807) is 7.05 Å². The first-order chi connectivity index (χ1) is 5.49. The van der Waals surface area contributed by atoms with Crippen molar-refractivity contribution >= 4 is 11.8 Å². The van der Waals surface area contributed by atoms with Gasteiger partial charge in [0.15, 0.2) is 0 Å². The summed E-state index contributed by atoms with van der Waals surface area (Å²) in [5.41, 5.74) is 0. The lowest BCUT2D eigenvalue weighted by Gasteiger charge is -2.19. The fraction of sp³-hybridized carbons (Fsp3) is 0.750. The summed E-state index contributed by atoms with van der Waals surface area (Å²) in [6, 6.07) is -0.424. The van der Waals surface area contributed by atoms with E-state index in [1.165, 1.54) is 6.92 Å². The molecule has 12 heavy (non-hydrogen) atoms. The Kier molecular flexibility index (Phi) is 4.33. The number of nitrogens with one attached hydrogen (secondary N) is 2. The molecule has 70 valence electrons. The van der Waals surface area contributed by atoms with Crippen LogP contribution in [-0.4, -0.2) is 24.9 Å². The minimum absolute atomic E-state index is 0.105. The number of amides is 2. The lowest BCUT2D eigenvalue weighted by atomic mass is 10.0. The summed E-state index contributed by atoms with van der Waals surface area (Å²) >= 11 is 0. The Labute approximate surface area is 72.7 Å². The van der Waals surface area contributed by atoms with E-state index in [1.807, 2.05) is 13.8 Å². The van der Waals surface area contributed by atoms with Gasteiger partial charge in [-0.05, 0) is 5.92 Å². The van der Waals surface area contributed by atoms with Gasteiger partial charge >= 0.3 is 0 Å². The quantitative estimate of drug-likeness (QED) is 0.624. The molecule has 0 fully saturated rings. The van der Waals surface area contributed by atoms with Crippen molar-refractivity contribution in [3.8, 4) is 0 Å². The molecular formula is C8H16N2O2. The van der Waals surface area contributed by atoms with E-state index in [0.29, 0.717) is 0 Å². The zero-order valence-electron chi connectivity index (χ0n) is 7.97. The maximum Gasteiger partial charge on any atom is 0.242 e. The van der Waals surface area contributed by atoms with Crippen LogP contribution in [0.25, 0.3) is 0 Å². The highest BCUT2D eigenvalue weighted by Crippen LogP contribution is 2.00. The second-order valence-corrected chi connectivity index (χ2v) is 3.04. The van der Waals surface area contributed by atoms with E-state index in [4.69, 9.17) is 0 Å². The van der Waals surface area contributed by atoms with Gasteiger partial charge in [0.2, 0.25) is 11.8 Å². The van der Waals surface area contributed by atoms with Gasteiger partial charge in [-0.1, -0.05) is 13.8 Å². The maximum absolute atomic E-state index is 11.2. The number of hydrogen-bond acceptors (Lipinski definition) is 2. The van der Waals surface area contributed by atoms with Crippen molar-refractivity contribution in [2.24, 2.45) is 5.92 Å². The zero-order valence-corrected chi connectivity index (χ0v) is 7.97. The molecule has 0 saturated heterocycles. The van der Waals surface area contributed by atoms with Crippen LogP contribution in [0, 0.1) is 5.92 Å². The second-order valence-electron chi connectivity index (χ2n) is 3.04. The fourth-order valence-corrected chi connectivity index (χ4v) is 0.909. The minimum atomic E-state index is -0.424. The highest BCUT2D eigenvalue weighted by molar-refractivity contribution is 5.86. The number of rotatable bonds is 3. The summed E-state index contributed by atoms with van der Waals surface area (Å²) in [7, 11) is 1.56. The van der Waals surface area contributed by atoms with Crippen LogP contribution in [0.4, 0.5) is 0 Å². The molecule has 0 aromatic heterocycles. The molecule has 0 aromatic carbocycles. The molecule has 0 aromatic rings. The molecule has 0 spiro atoms. The smallest absolute Gasteiger partial charge is 0.242 e. The molecule has 0 aliphatic rings. The summed E-state index contributed by atoms with van der Waals surface area (Å²) in [4.78, 5) is 21.9. The van der Waals surface area contributed by atoms with Gasteiger partial charge in [0.25, 0.3) is 0 Å². The molecular weight excluding hydrogens is 156 g/mol. The first-order valence-corrected chi connectivity index (χ1v) is 3.97. The molecule has 4 heteroatoms. The first kappa shape index (κ1) is 10.9. The van der Waals surface area contributed by atoms with E-state index in [2.05, 4.69) is 10.6 Å². The normalized spacial score (nSPS) is 12.4. The van der Waals surface area contributed by atoms with Crippen LogP contribution in [0.3, 0.4) is 0 Å². The lowest BCUT2D eigenvalue weighted by Crippen LogP contribution is -2.48. The topological polar surface area (TPSA) is 58.2 Å². The number of hydrogen-bond donors (Lipinski definition) is 2. The summed E-state index contributed by atoms with van der Waals surface area (Å²) in [6.07, 6.45) is 0. The van der Waals surface area contributed by atoms with E-state index in [0.717, 1.165) is 0 Å². The minimum Gasteiger partial charge on any atom is -0.357 e. The predicted molar refractivity (Wildman–Crippen MR) is 46.5 cm³/mol. The van der Waals surface area contributed by atoms with E-state index < -0.39 is 6.04 Å². The fourth-order valence-electron chi connectivity index (χ4n) is 0.909. The van der Waals surface area contributed by atoms with Crippen molar-refractivity contribution in [3.63, 3.8) is 0 Å². The highest BCUT2D eigenvalue weighted by atomic mass is 16.2. The molecule has 4 nitrogen and oxygen atoms in total. The molecule has 2 N–H and O–H groups in total. The van der Waals surface area contributed by atoms with Gasteiger partial charge < -0.3 is 10.6 Å². The third-order valence-corrected chi connectivity index (χ3v) is 1.55. The van der Waals surface area contributed by atoms with Crippen LogP contribution in [0.2, 0.25) is 0 Å². The number of carbonyl (C=O) groups is 2. The van der Waals surface area contributed by atoms with Crippen molar-refractivity contribution in [2.75, 3.05) is 7.05 Å². The summed E-state index contributed by atoms with van der Waals surface area (Å²) < 4.78 is 0. The van der Waals surface area contributed by atoms with E-state index in [-0.39, 0.29) is 17.7 Å². The molecule has 0 rings (SSSR count). The van der Waals surface area contributed by atoms with Crippen molar-refractivity contribution in [1.82, 2.24) is 10.6 Å². The standard InChI is InChI=1S/C8H16N2O2/c1-5(2)7(8(12)9-4)10-6(3)11/h5,7H,1-4H3,(H,9,12)(H,10,11)/t7-/m1/s1. The largest absolute Gasteiger partial charge is 0.357 e. The molecule has 0 aliphatic heterocycles. The van der Waals surface area contributed by atoms with E-state index >= 15 is 0 Å².